The van der Waals surface area contributed by atoms with Gasteiger partial charge in [0.2, 0.25) is 0 Å². The SMILES string of the molecule is CCNC(=NCc1ncc(-c2ccccc2)[nH]1)NCCCn1c(C)nc2ccccc21. The number of aliphatic imine (C=N–C) groups is 1. The van der Waals surface area contributed by atoms with E-state index in [0.717, 1.165) is 60.4 Å². The van der Waals surface area contributed by atoms with Gasteiger partial charge in [-0.3, -0.25) is 0 Å². The molecule has 4 aromatic rings. The number of benzene rings is 2. The quantitative estimate of drug-likeness (QED) is 0.232. The van der Waals surface area contributed by atoms with Gasteiger partial charge in [0.15, 0.2) is 5.96 Å². The molecule has 2 heterocycles. The second-order valence-corrected chi connectivity index (χ2v) is 7.38. The van der Waals surface area contributed by atoms with E-state index < -0.39 is 0 Å². The summed E-state index contributed by atoms with van der Waals surface area (Å²) in [6.45, 7) is 7.17. The van der Waals surface area contributed by atoms with Gasteiger partial charge >= 0.3 is 0 Å². The highest BCUT2D eigenvalue weighted by molar-refractivity contribution is 5.79. The highest BCUT2D eigenvalue weighted by Gasteiger charge is 2.07. The first kappa shape index (κ1) is 20.7. The smallest absolute Gasteiger partial charge is 0.191 e. The number of nitrogens with zero attached hydrogens (tertiary/aromatic N) is 4. The van der Waals surface area contributed by atoms with E-state index in [9.17, 15) is 0 Å². The third-order valence-electron chi connectivity index (χ3n) is 5.14. The maximum Gasteiger partial charge on any atom is 0.191 e. The molecule has 0 saturated carbocycles. The summed E-state index contributed by atoms with van der Waals surface area (Å²) in [6.07, 6.45) is 2.84. The lowest BCUT2D eigenvalue weighted by atomic mass is 10.2. The summed E-state index contributed by atoms with van der Waals surface area (Å²) in [5.41, 5.74) is 4.37. The zero-order chi connectivity index (χ0) is 21.5. The lowest BCUT2D eigenvalue weighted by molar-refractivity contribution is 0.624. The Morgan fingerprint density at radius 2 is 1.87 bits per heavy atom. The molecule has 0 amide bonds. The second kappa shape index (κ2) is 9.93. The molecule has 0 saturated heterocycles. The first-order valence-electron chi connectivity index (χ1n) is 10.8. The molecule has 3 N–H and O–H groups in total. The topological polar surface area (TPSA) is 82.9 Å². The third kappa shape index (κ3) is 5.12. The number of rotatable bonds is 8. The summed E-state index contributed by atoms with van der Waals surface area (Å²) >= 11 is 0. The molecule has 0 radical (unpaired) electrons. The van der Waals surface area contributed by atoms with Crippen LogP contribution in [-0.2, 0) is 13.1 Å². The summed E-state index contributed by atoms with van der Waals surface area (Å²) in [7, 11) is 0. The molecule has 0 unspecified atom stereocenters. The molecule has 0 atom stereocenters. The molecule has 0 aliphatic carbocycles. The Bertz CT molecular complexity index is 1140. The fourth-order valence-electron chi connectivity index (χ4n) is 3.63. The van der Waals surface area contributed by atoms with Crippen LogP contribution in [0.4, 0.5) is 0 Å². The average Bonchev–Trinajstić information content (AvgIpc) is 3.39. The minimum Gasteiger partial charge on any atom is -0.357 e. The van der Waals surface area contributed by atoms with Crippen LogP contribution in [0.1, 0.15) is 25.0 Å². The van der Waals surface area contributed by atoms with E-state index in [1.54, 1.807) is 0 Å². The van der Waals surface area contributed by atoms with E-state index in [1.807, 2.05) is 30.5 Å². The van der Waals surface area contributed by atoms with E-state index in [0.29, 0.717) is 6.54 Å². The van der Waals surface area contributed by atoms with E-state index in [-0.39, 0.29) is 0 Å². The van der Waals surface area contributed by atoms with Gasteiger partial charge in [0, 0.05) is 19.6 Å². The molecule has 2 aromatic heterocycles. The zero-order valence-corrected chi connectivity index (χ0v) is 18.1. The van der Waals surface area contributed by atoms with Crippen LogP contribution in [0.15, 0.2) is 65.8 Å². The van der Waals surface area contributed by atoms with Gasteiger partial charge in [0.05, 0.1) is 22.9 Å². The van der Waals surface area contributed by atoms with Crippen molar-refractivity contribution in [1.29, 1.82) is 0 Å². The first-order chi connectivity index (χ1) is 15.2. The number of aromatic nitrogens is 4. The number of hydrogen-bond acceptors (Lipinski definition) is 3. The van der Waals surface area contributed by atoms with Crippen LogP contribution in [0, 0.1) is 6.92 Å². The van der Waals surface area contributed by atoms with Crippen LogP contribution in [0.25, 0.3) is 22.3 Å². The van der Waals surface area contributed by atoms with Crippen molar-refractivity contribution in [2.75, 3.05) is 13.1 Å². The third-order valence-corrected chi connectivity index (χ3v) is 5.14. The summed E-state index contributed by atoms with van der Waals surface area (Å²) < 4.78 is 2.27. The van der Waals surface area contributed by atoms with E-state index >= 15 is 0 Å². The molecule has 7 heteroatoms. The highest BCUT2D eigenvalue weighted by Crippen LogP contribution is 2.17. The van der Waals surface area contributed by atoms with Crippen molar-refractivity contribution in [2.45, 2.75) is 33.4 Å². The molecular weight excluding hydrogens is 386 g/mol. The maximum absolute atomic E-state index is 4.67. The number of imidazole rings is 2. The second-order valence-electron chi connectivity index (χ2n) is 7.38. The van der Waals surface area contributed by atoms with Crippen molar-refractivity contribution in [1.82, 2.24) is 30.2 Å². The predicted molar refractivity (Wildman–Crippen MR) is 126 cm³/mol. The van der Waals surface area contributed by atoms with Gasteiger partial charge in [0.25, 0.3) is 0 Å². The minimum absolute atomic E-state index is 0.493. The summed E-state index contributed by atoms with van der Waals surface area (Å²) in [5.74, 6) is 2.69. The van der Waals surface area contributed by atoms with Crippen molar-refractivity contribution in [3.05, 3.63) is 72.4 Å². The van der Waals surface area contributed by atoms with Crippen molar-refractivity contribution in [2.24, 2.45) is 4.99 Å². The molecule has 0 aliphatic rings. The molecule has 0 aliphatic heterocycles. The van der Waals surface area contributed by atoms with E-state index in [4.69, 9.17) is 0 Å². The molecule has 7 nitrogen and oxygen atoms in total. The van der Waals surface area contributed by atoms with Crippen LogP contribution < -0.4 is 10.6 Å². The number of nitrogens with one attached hydrogen (secondary N) is 3. The lowest BCUT2D eigenvalue weighted by Gasteiger charge is -2.12. The number of H-pyrrole nitrogens is 1. The molecule has 160 valence electrons. The van der Waals surface area contributed by atoms with Crippen LogP contribution >= 0.6 is 0 Å². The number of para-hydroxylation sites is 2. The Morgan fingerprint density at radius 1 is 1.06 bits per heavy atom. The Labute approximate surface area is 182 Å². The number of fused-ring (bicyclic) bond motifs is 1. The molecule has 0 bridgehead atoms. The Kier molecular flexibility index (Phi) is 6.62. The molecular formula is C24H29N7. The lowest BCUT2D eigenvalue weighted by Crippen LogP contribution is -2.38. The molecule has 0 spiro atoms. The number of hydrogen-bond donors (Lipinski definition) is 3. The summed E-state index contributed by atoms with van der Waals surface area (Å²) in [5, 5.41) is 6.73. The predicted octanol–water partition coefficient (Wildman–Crippen LogP) is 3.88. The minimum atomic E-state index is 0.493. The number of aryl methyl sites for hydroxylation is 2. The van der Waals surface area contributed by atoms with E-state index in [2.05, 4.69) is 79.3 Å². The Morgan fingerprint density at radius 3 is 2.71 bits per heavy atom. The van der Waals surface area contributed by atoms with Crippen molar-refractivity contribution < 1.29 is 0 Å². The van der Waals surface area contributed by atoms with Crippen molar-refractivity contribution in [3.63, 3.8) is 0 Å². The van der Waals surface area contributed by atoms with Crippen molar-refractivity contribution >= 4 is 17.0 Å². The highest BCUT2D eigenvalue weighted by atomic mass is 15.2. The van der Waals surface area contributed by atoms with Gasteiger partial charge < -0.3 is 20.2 Å². The van der Waals surface area contributed by atoms with E-state index in [1.165, 1.54) is 5.52 Å². The van der Waals surface area contributed by atoms with Gasteiger partial charge in [-0.25, -0.2) is 15.0 Å². The van der Waals surface area contributed by atoms with Crippen LogP contribution in [0.5, 0.6) is 0 Å². The van der Waals surface area contributed by atoms with Crippen LogP contribution in [-0.4, -0.2) is 38.6 Å². The first-order valence-corrected chi connectivity index (χ1v) is 10.8. The fourth-order valence-corrected chi connectivity index (χ4v) is 3.63. The zero-order valence-electron chi connectivity index (χ0n) is 18.1. The van der Waals surface area contributed by atoms with Gasteiger partial charge in [-0.2, -0.15) is 0 Å². The molecule has 0 fully saturated rings. The van der Waals surface area contributed by atoms with Crippen LogP contribution in [0.3, 0.4) is 0 Å². The summed E-state index contributed by atoms with van der Waals surface area (Å²) in [6, 6.07) is 18.5. The average molecular weight is 416 g/mol. The fraction of sp³-hybridized carbons (Fsp3) is 0.292. The maximum atomic E-state index is 4.67. The van der Waals surface area contributed by atoms with Gasteiger partial charge in [0.1, 0.15) is 18.2 Å². The van der Waals surface area contributed by atoms with Gasteiger partial charge in [-0.05, 0) is 38.0 Å². The molecule has 31 heavy (non-hydrogen) atoms. The molecule has 4 rings (SSSR count). The van der Waals surface area contributed by atoms with Crippen LogP contribution in [0.2, 0.25) is 0 Å². The summed E-state index contributed by atoms with van der Waals surface area (Å²) in [4.78, 5) is 17.1. The number of aromatic amines is 1. The normalized spacial score (nSPS) is 11.7. The standard InChI is InChI=1S/C24H29N7/c1-3-25-24(28-17-23-27-16-21(30-23)19-10-5-4-6-11-19)26-14-9-15-31-18(2)29-20-12-7-8-13-22(20)31/h4-8,10-13,16H,3,9,14-15,17H2,1-2H3,(H,27,30)(H2,25,26,28). The Balaban J connectivity index is 1.32. The largest absolute Gasteiger partial charge is 0.357 e. The molecule has 2 aromatic carbocycles. The Hall–Kier alpha value is -3.61. The van der Waals surface area contributed by atoms with Crippen molar-refractivity contribution in [3.8, 4) is 11.3 Å². The van der Waals surface area contributed by atoms with Gasteiger partial charge in [-0.15, -0.1) is 0 Å². The van der Waals surface area contributed by atoms with Gasteiger partial charge in [-0.1, -0.05) is 42.5 Å². The monoisotopic (exact) mass is 415 g/mol. The number of guanidine groups is 1.